The molecule has 21 heavy (non-hydrogen) atoms. The molecule has 0 aliphatic heterocycles. The number of nitriles is 1. The minimum Gasteiger partial charge on any atom is -0.387 e. The zero-order chi connectivity index (χ0) is 15.4. The minimum atomic E-state index is -0.339. The Balaban J connectivity index is 2.30. The molecule has 0 heterocycles. The number of hydrogen-bond donors (Lipinski definition) is 2. The predicted molar refractivity (Wildman–Crippen MR) is 85.1 cm³/mol. The quantitative estimate of drug-likeness (QED) is 0.892. The Bertz CT molecular complexity index is 738. The third kappa shape index (κ3) is 3.46. The fourth-order valence-electron chi connectivity index (χ4n) is 1.80. The van der Waals surface area contributed by atoms with Gasteiger partial charge in [-0.1, -0.05) is 23.2 Å². The molecule has 0 aliphatic rings. The molecule has 0 fully saturated rings. The van der Waals surface area contributed by atoms with Gasteiger partial charge in [-0.25, -0.2) is 0 Å². The van der Waals surface area contributed by atoms with Gasteiger partial charge < -0.3 is 10.6 Å². The third-order valence-corrected chi connectivity index (χ3v) is 3.39. The van der Waals surface area contributed by atoms with Gasteiger partial charge >= 0.3 is 0 Å². The second-order valence-corrected chi connectivity index (χ2v) is 5.04. The molecule has 0 atom stereocenters. The molecule has 0 bridgehead atoms. The summed E-state index contributed by atoms with van der Waals surface area (Å²) in [6, 6.07) is 11.6. The summed E-state index contributed by atoms with van der Waals surface area (Å²) < 4.78 is 0. The first-order valence-electron chi connectivity index (χ1n) is 6.03. The molecular weight excluding hydrogens is 309 g/mol. The number of benzene rings is 2. The van der Waals surface area contributed by atoms with Gasteiger partial charge in [-0.2, -0.15) is 5.26 Å². The van der Waals surface area contributed by atoms with E-state index in [0.717, 1.165) is 0 Å². The van der Waals surface area contributed by atoms with Gasteiger partial charge in [-0.15, -0.1) is 0 Å². The van der Waals surface area contributed by atoms with E-state index in [1.807, 2.05) is 6.07 Å². The molecule has 0 saturated carbocycles. The van der Waals surface area contributed by atoms with E-state index in [1.165, 1.54) is 6.07 Å². The van der Waals surface area contributed by atoms with Crippen LogP contribution in [0.1, 0.15) is 15.9 Å². The molecule has 0 spiro atoms. The number of amides is 1. The molecule has 0 unspecified atom stereocenters. The highest BCUT2D eigenvalue weighted by molar-refractivity contribution is 6.34. The average molecular weight is 320 g/mol. The fourth-order valence-corrected chi connectivity index (χ4v) is 2.20. The van der Waals surface area contributed by atoms with Crippen molar-refractivity contribution in [1.29, 1.82) is 5.26 Å². The molecule has 0 aromatic heterocycles. The molecular formula is C15H11Cl2N3O. The van der Waals surface area contributed by atoms with Crippen LogP contribution >= 0.6 is 23.2 Å². The molecule has 1 amide bonds. The van der Waals surface area contributed by atoms with Crippen LogP contribution in [0.4, 0.5) is 11.4 Å². The van der Waals surface area contributed by atoms with Crippen LogP contribution in [0.2, 0.25) is 10.0 Å². The molecule has 0 aliphatic carbocycles. The van der Waals surface area contributed by atoms with E-state index in [4.69, 9.17) is 28.5 Å². The Morgan fingerprint density at radius 1 is 1.14 bits per heavy atom. The van der Waals surface area contributed by atoms with Gasteiger partial charge in [-0.05, 0) is 36.4 Å². The minimum absolute atomic E-state index is 0.301. The van der Waals surface area contributed by atoms with Crippen LogP contribution in [0.25, 0.3) is 0 Å². The van der Waals surface area contributed by atoms with Gasteiger partial charge in [0.1, 0.15) is 0 Å². The largest absolute Gasteiger partial charge is 0.387 e. The van der Waals surface area contributed by atoms with E-state index in [1.54, 1.807) is 37.4 Å². The molecule has 4 nitrogen and oxygen atoms in total. The highest BCUT2D eigenvalue weighted by atomic mass is 35.5. The zero-order valence-electron chi connectivity index (χ0n) is 11.1. The Kier molecular flexibility index (Phi) is 4.69. The smallest absolute Gasteiger partial charge is 0.257 e. The van der Waals surface area contributed by atoms with Crippen LogP contribution in [-0.2, 0) is 0 Å². The van der Waals surface area contributed by atoms with Crippen molar-refractivity contribution in [3.8, 4) is 6.07 Å². The number of hydrogen-bond acceptors (Lipinski definition) is 3. The summed E-state index contributed by atoms with van der Waals surface area (Å²) in [7, 11) is 1.72. The first-order valence-corrected chi connectivity index (χ1v) is 6.79. The van der Waals surface area contributed by atoms with E-state index in [2.05, 4.69) is 10.6 Å². The number of nitrogens with zero attached hydrogens (tertiary/aromatic N) is 1. The van der Waals surface area contributed by atoms with Crippen molar-refractivity contribution in [3.05, 3.63) is 57.6 Å². The summed E-state index contributed by atoms with van der Waals surface area (Å²) in [5.41, 5.74) is 1.92. The van der Waals surface area contributed by atoms with Crippen LogP contribution in [0.3, 0.4) is 0 Å². The third-order valence-electron chi connectivity index (χ3n) is 2.84. The van der Waals surface area contributed by atoms with Crippen LogP contribution in [0.15, 0.2) is 36.4 Å². The van der Waals surface area contributed by atoms with E-state index in [-0.39, 0.29) is 5.91 Å². The Hall–Kier alpha value is -2.22. The normalized spacial score (nSPS) is 9.81. The molecule has 2 rings (SSSR count). The second kappa shape index (κ2) is 6.49. The van der Waals surface area contributed by atoms with Crippen molar-refractivity contribution in [2.45, 2.75) is 0 Å². The number of anilines is 2. The summed E-state index contributed by atoms with van der Waals surface area (Å²) in [4.78, 5) is 12.3. The maximum absolute atomic E-state index is 12.3. The first-order chi connectivity index (χ1) is 10.0. The summed E-state index contributed by atoms with van der Waals surface area (Å²) in [6.45, 7) is 0. The monoisotopic (exact) mass is 319 g/mol. The van der Waals surface area contributed by atoms with E-state index >= 15 is 0 Å². The van der Waals surface area contributed by atoms with Gasteiger partial charge in [0.25, 0.3) is 5.91 Å². The number of rotatable bonds is 3. The van der Waals surface area contributed by atoms with Crippen molar-refractivity contribution in [2.24, 2.45) is 0 Å². The molecule has 106 valence electrons. The number of carbonyl (C=O) groups is 1. The van der Waals surface area contributed by atoms with E-state index in [0.29, 0.717) is 32.5 Å². The topological polar surface area (TPSA) is 64.9 Å². The lowest BCUT2D eigenvalue weighted by Crippen LogP contribution is -2.14. The molecule has 0 saturated heterocycles. The average Bonchev–Trinajstić information content (AvgIpc) is 2.49. The number of nitrogens with one attached hydrogen (secondary N) is 2. The maximum Gasteiger partial charge on any atom is 0.257 e. The van der Waals surface area contributed by atoms with E-state index < -0.39 is 0 Å². The molecule has 0 radical (unpaired) electrons. The van der Waals surface area contributed by atoms with Crippen LogP contribution in [0.5, 0.6) is 0 Å². The Labute approximate surface area is 132 Å². The van der Waals surface area contributed by atoms with Crippen LogP contribution in [-0.4, -0.2) is 13.0 Å². The summed E-state index contributed by atoms with van der Waals surface area (Å²) in [5, 5.41) is 15.2. The van der Waals surface area contributed by atoms with Crippen molar-refractivity contribution >= 4 is 40.5 Å². The Morgan fingerprint density at radius 2 is 1.86 bits per heavy atom. The fraction of sp³-hybridized carbons (Fsp3) is 0.0667. The number of halogens is 2. The van der Waals surface area contributed by atoms with Crippen LogP contribution in [0, 0.1) is 11.3 Å². The predicted octanol–water partition coefficient (Wildman–Crippen LogP) is 4.16. The second-order valence-electron chi connectivity index (χ2n) is 4.20. The highest BCUT2D eigenvalue weighted by Gasteiger charge is 2.13. The summed E-state index contributed by atoms with van der Waals surface area (Å²) >= 11 is 12.0. The Morgan fingerprint density at radius 3 is 2.48 bits per heavy atom. The van der Waals surface area contributed by atoms with Crippen molar-refractivity contribution in [3.63, 3.8) is 0 Å². The lowest BCUT2D eigenvalue weighted by atomic mass is 10.1. The molecule has 2 N–H and O–H groups in total. The lowest BCUT2D eigenvalue weighted by molar-refractivity contribution is 0.102. The van der Waals surface area contributed by atoms with Gasteiger partial charge in [0, 0.05) is 17.8 Å². The summed E-state index contributed by atoms with van der Waals surface area (Å²) in [5.74, 6) is -0.339. The molecule has 2 aromatic rings. The maximum atomic E-state index is 12.3. The van der Waals surface area contributed by atoms with Crippen molar-refractivity contribution in [2.75, 3.05) is 17.7 Å². The SMILES string of the molecule is CNc1ccc(Cl)cc1C(=O)Nc1ccc(C#N)cc1Cl. The van der Waals surface area contributed by atoms with Crippen LogP contribution < -0.4 is 10.6 Å². The van der Waals surface area contributed by atoms with Gasteiger partial charge in [-0.3, -0.25) is 4.79 Å². The standard InChI is InChI=1S/C15H11Cl2N3O/c1-19-13-5-3-10(16)7-11(13)15(21)20-14-4-2-9(8-18)6-12(14)17/h2-7,19H,1H3,(H,20,21). The summed E-state index contributed by atoms with van der Waals surface area (Å²) in [6.07, 6.45) is 0. The molecule has 2 aromatic carbocycles. The van der Waals surface area contributed by atoms with E-state index in [9.17, 15) is 4.79 Å². The van der Waals surface area contributed by atoms with Crippen molar-refractivity contribution < 1.29 is 4.79 Å². The first kappa shape index (κ1) is 15.2. The lowest BCUT2D eigenvalue weighted by Gasteiger charge is -2.11. The van der Waals surface area contributed by atoms with Gasteiger partial charge in [0.15, 0.2) is 0 Å². The van der Waals surface area contributed by atoms with Gasteiger partial charge in [0.2, 0.25) is 0 Å². The molecule has 6 heteroatoms. The number of carbonyl (C=O) groups excluding carboxylic acids is 1. The van der Waals surface area contributed by atoms with Gasteiger partial charge in [0.05, 0.1) is 27.9 Å². The highest BCUT2D eigenvalue weighted by Crippen LogP contribution is 2.26. The van der Waals surface area contributed by atoms with Crippen molar-refractivity contribution in [1.82, 2.24) is 0 Å². The zero-order valence-corrected chi connectivity index (χ0v) is 12.6.